The van der Waals surface area contributed by atoms with Crippen molar-refractivity contribution in [1.29, 1.82) is 0 Å². The molecule has 36 heavy (non-hydrogen) atoms. The summed E-state index contributed by atoms with van der Waals surface area (Å²) >= 11 is 0. The Bertz CT molecular complexity index is 1250. The Balaban J connectivity index is 1.31. The SMILES string of the molecule is CCn1cc(Nc2nc(N3C[C@H](CC(=O)c4ccc(C5CC5)cc4)CC[C@@H]3C)cnc2C(N)=O)cn1. The van der Waals surface area contributed by atoms with E-state index >= 15 is 0 Å². The van der Waals surface area contributed by atoms with E-state index in [0.717, 1.165) is 24.9 Å². The molecule has 2 atom stereocenters. The average molecular weight is 488 g/mol. The van der Waals surface area contributed by atoms with E-state index in [9.17, 15) is 9.59 Å². The Morgan fingerprint density at radius 1 is 1.11 bits per heavy atom. The molecule has 3 heterocycles. The number of nitrogens with zero attached hydrogens (tertiary/aromatic N) is 5. The maximum atomic E-state index is 13.0. The van der Waals surface area contributed by atoms with Gasteiger partial charge in [-0.3, -0.25) is 14.3 Å². The normalized spacial score (nSPS) is 19.8. The molecule has 1 aliphatic heterocycles. The molecule has 5 rings (SSSR count). The van der Waals surface area contributed by atoms with Gasteiger partial charge in [0.25, 0.3) is 5.91 Å². The van der Waals surface area contributed by atoms with Crippen molar-refractivity contribution in [3.05, 3.63) is 59.7 Å². The van der Waals surface area contributed by atoms with E-state index in [-0.39, 0.29) is 23.4 Å². The number of anilines is 3. The number of primary amides is 1. The number of nitrogens with two attached hydrogens (primary N) is 1. The first-order chi connectivity index (χ1) is 17.4. The van der Waals surface area contributed by atoms with Crippen molar-refractivity contribution in [2.24, 2.45) is 11.7 Å². The Morgan fingerprint density at radius 2 is 1.89 bits per heavy atom. The number of hydrogen-bond acceptors (Lipinski definition) is 7. The average Bonchev–Trinajstić information content (AvgIpc) is 3.64. The van der Waals surface area contributed by atoms with Gasteiger partial charge in [0, 0.05) is 37.3 Å². The van der Waals surface area contributed by atoms with Crippen LogP contribution in [0.4, 0.5) is 17.3 Å². The predicted molar refractivity (Wildman–Crippen MR) is 139 cm³/mol. The van der Waals surface area contributed by atoms with Crippen LogP contribution < -0.4 is 16.0 Å². The fraction of sp³-hybridized carbons (Fsp3) is 0.444. The number of hydrogen-bond donors (Lipinski definition) is 2. The van der Waals surface area contributed by atoms with Crippen molar-refractivity contribution in [2.75, 3.05) is 16.8 Å². The molecule has 9 heteroatoms. The van der Waals surface area contributed by atoms with Crippen molar-refractivity contribution in [2.45, 2.75) is 64.5 Å². The molecule has 9 nitrogen and oxygen atoms in total. The summed E-state index contributed by atoms with van der Waals surface area (Å²) < 4.78 is 1.78. The summed E-state index contributed by atoms with van der Waals surface area (Å²) in [6.45, 7) is 5.57. The van der Waals surface area contributed by atoms with Gasteiger partial charge in [-0.15, -0.1) is 0 Å². The molecule has 1 amide bonds. The van der Waals surface area contributed by atoms with Gasteiger partial charge in [-0.05, 0) is 56.9 Å². The third-order valence-electron chi connectivity index (χ3n) is 7.24. The molecule has 1 aromatic carbocycles. The molecular formula is C27H33N7O2. The summed E-state index contributed by atoms with van der Waals surface area (Å²) in [6.07, 6.45) is 10.0. The van der Waals surface area contributed by atoms with E-state index < -0.39 is 5.91 Å². The van der Waals surface area contributed by atoms with Gasteiger partial charge in [0.15, 0.2) is 17.3 Å². The van der Waals surface area contributed by atoms with Crippen molar-refractivity contribution in [3.63, 3.8) is 0 Å². The van der Waals surface area contributed by atoms with Crippen LogP contribution in [0.5, 0.6) is 0 Å². The van der Waals surface area contributed by atoms with Crippen LogP contribution in [0.3, 0.4) is 0 Å². The highest BCUT2D eigenvalue weighted by molar-refractivity contribution is 5.97. The Hall–Kier alpha value is -3.75. The summed E-state index contributed by atoms with van der Waals surface area (Å²) in [7, 11) is 0. The maximum Gasteiger partial charge on any atom is 0.271 e. The number of rotatable bonds is 9. The number of nitrogens with one attached hydrogen (secondary N) is 1. The monoisotopic (exact) mass is 487 g/mol. The number of amides is 1. The molecule has 0 unspecified atom stereocenters. The van der Waals surface area contributed by atoms with E-state index in [1.807, 2.05) is 25.3 Å². The summed E-state index contributed by atoms with van der Waals surface area (Å²) in [4.78, 5) is 36.3. The van der Waals surface area contributed by atoms with Gasteiger partial charge >= 0.3 is 0 Å². The van der Waals surface area contributed by atoms with Crippen LogP contribution in [-0.2, 0) is 6.54 Å². The molecule has 3 aromatic rings. The van der Waals surface area contributed by atoms with Crippen molar-refractivity contribution in [3.8, 4) is 0 Å². The number of aryl methyl sites for hydroxylation is 1. The van der Waals surface area contributed by atoms with Crippen LogP contribution in [0.15, 0.2) is 42.9 Å². The molecule has 3 N–H and O–H groups in total. The number of benzene rings is 1. The first-order valence-corrected chi connectivity index (χ1v) is 12.8. The molecule has 1 saturated heterocycles. The second-order valence-electron chi connectivity index (χ2n) is 9.97. The molecule has 1 saturated carbocycles. The lowest BCUT2D eigenvalue weighted by Crippen LogP contribution is -2.43. The quantitative estimate of drug-likeness (QED) is 0.432. The minimum atomic E-state index is -0.651. The van der Waals surface area contributed by atoms with Gasteiger partial charge in [-0.1, -0.05) is 24.3 Å². The molecule has 188 valence electrons. The van der Waals surface area contributed by atoms with E-state index in [1.54, 1.807) is 17.1 Å². The third-order valence-corrected chi connectivity index (χ3v) is 7.24. The lowest BCUT2D eigenvalue weighted by atomic mass is 9.88. The van der Waals surface area contributed by atoms with Gasteiger partial charge in [0.2, 0.25) is 0 Å². The fourth-order valence-corrected chi connectivity index (χ4v) is 4.93. The molecule has 2 aliphatic rings. The zero-order valence-corrected chi connectivity index (χ0v) is 20.9. The lowest BCUT2D eigenvalue weighted by Gasteiger charge is -2.38. The summed E-state index contributed by atoms with van der Waals surface area (Å²) in [6, 6.07) is 8.40. The number of carbonyl (C=O) groups excluding carboxylic acids is 2. The Labute approximate surface area is 211 Å². The zero-order valence-electron chi connectivity index (χ0n) is 20.9. The van der Waals surface area contributed by atoms with Gasteiger partial charge in [-0.25, -0.2) is 9.97 Å². The van der Waals surface area contributed by atoms with E-state index in [2.05, 4.69) is 39.4 Å². The van der Waals surface area contributed by atoms with Gasteiger partial charge in [0.05, 0.1) is 18.1 Å². The van der Waals surface area contributed by atoms with Crippen LogP contribution in [0, 0.1) is 5.92 Å². The maximum absolute atomic E-state index is 13.0. The summed E-state index contributed by atoms with van der Waals surface area (Å²) in [5.41, 5.74) is 8.47. The smallest absolute Gasteiger partial charge is 0.271 e. The van der Waals surface area contributed by atoms with Gasteiger partial charge in [-0.2, -0.15) is 5.10 Å². The molecule has 0 bridgehead atoms. The van der Waals surface area contributed by atoms with Crippen LogP contribution in [0.1, 0.15) is 78.3 Å². The molecule has 2 aromatic heterocycles. The Morgan fingerprint density at radius 3 is 2.56 bits per heavy atom. The van der Waals surface area contributed by atoms with Gasteiger partial charge in [0.1, 0.15) is 5.82 Å². The number of ketones is 1. The second kappa shape index (κ2) is 10.1. The summed E-state index contributed by atoms with van der Waals surface area (Å²) in [5, 5.41) is 7.40. The van der Waals surface area contributed by atoms with Crippen LogP contribution >= 0.6 is 0 Å². The number of Topliss-reactive ketones (excluding diaryl/α,β-unsaturated/α-hetero) is 1. The van der Waals surface area contributed by atoms with Crippen LogP contribution in [0.2, 0.25) is 0 Å². The van der Waals surface area contributed by atoms with Crippen molar-refractivity contribution < 1.29 is 9.59 Å². The highest BCUT2D eigenvalue weighted by atomic mass is 16.1. The van der Waals surface area contributed by atoms with Gasteiger partial charge < -0.3 is 16.0 Å². The van der Waals surface area contributed by atoms with E-state index in [4.69, 9.17) is 10.7 Å². The molecule has 1 aliphatic carbocycles. The predicted octanol–water partition coefficient (Wildman–Crippen LogP) is 4.29. The van der Waals surface area contributed by atoms with E-state index in [0.29, 0.717) is 36.2 Å². The second-order valence-corrected chi connectivity index (χ2v) is 9.97. The third kappa shape index (κ3) is 5.24. The van der Waals surface area contributed by atoms with Crippen molar-refractivity contribution >= 4 is 29.0 Å². The minimum Gasteiger partial charge on any atom is -0.364 e. The first-order valence-electron chi connectivity index (χ1n) is 12.8. The highest BCUT2D eigenvalue weighted by Gasteiger charge is 2.29. The molecule has 0 radical (unpaired) electrons. The highest BCUT2D eigenvalue weighted by Crippen LogP contribution is 2.40. The largest absolute Gasteiger partial charge is 0.364 e. The molecular weight excluding hydrogens is 454 g/mol. The summed E-state index contributed by atoms with van der Waals surface area (Å²) in [5.74, 6) is 1.39. The minimum absolute atomic E-state index is 0.0778. The lowest BCUT2D eigenvalue weighted by molar-refractivity contribution is 0.0952. The molecule has 2 fully saturated rings. The van der Waals surface area contributed by atoms with E-state index in [1.165, 1.54) is 18.4 Å². The number of aromatic nitrogens is 4. The van der Waals surface area contributed by atoms with Crippen LogP contribution in [-0.4, -0.2) is 44.0 Å². The Kier molecular flexibility index (Phi) is 6.71. The first kappa shape index (κ1) is 24.0. The number of piperidine rings is 1. The fourth-order valence-electron chi connectivity index (χ4n) is 4.93. The topological polar surface area (TPSA) is 119 Å². The number of carbonyl (C=O) groups is 2. The van der Waals surface area contributed by atoms with Crippen molar-refractivity contribution in [1.82, 2.24) is 19.7 Å². The van der Waals surface area contributed by atoms with Crippen LogP contribution in [0.25, 0.3) is 0 Å². The molecule has 0 spiro atoms. The standard InChI is InChI=1S/C27H33N7O2/c1-3-33-16-22(13-30-33)31-27-25(26(28)36)29-14-24(32-27)34-15-18(5-4-17(34)2)12-23(35)21-10-8-20(9-11-21)19-6-7-19/h8-11,13-14,16-19H,3-7,12,15H2,1-2H3,(H2,28,36)(H,31,32)/t17-,18-/m0/s1. The zero-order chi connectivity index (χ0) is 25.2.